The summed E-state index contributed by atoms with van der Waals surface area (Å²) in [7, 11) is 0. The van der Waals surface area contributed by atoms with E-state index in [4.69, 9.17) is 4.74 Å². The van der Waals surface area contributed by atoms with Crippen LogP contribution < -0.4 is 0 Å². The number of aliphatic hydroxyl groups is 1. The van der Waals surface area contributed by atoms with Gasteiger partial charge in [0.25, 0.3) is 0 Å². The number of benzene rings is 1. The number of rotatable bonds is 4. The molecule has 1 saturated carbocycles. The van der Waals surface area contributed by atoms with E-state index in [0.717, 1.165) is 0 Å². The summed E-state index contributed by atoms with van der Waals surface area (Å²) in [5.41, 5.74) is 1.19. The molecule has 0 spiro atoms. The highest BCUT2D eigenvalue weighted by Gasteiger charge is 2.45. The Morgan fingerprint density at radius 1 is 1.29 bits per heavy atom. The molecule has 2 heteroatoms. The van der Waals surface area contributed by atoms with E-state index in [9.17, 15) is 5.11 Å². The zero-order valence-electron chi connectivity index (χ0n) is 8.39. The summed E-state index contributed by atoms with van der Waals surface area (Å²) >= 11 is 0. The molecule has 0 saturated heterocycles. The Hall–Kier alpha value is -0.860. The Morgan fingerprint density at radius 3 is 2.50 bits per heavy atom. The van der Waals surface area contributed by atoms with Crippen LogP contribution in [-0.4, -0.2) is 17.8 Å². The lowest BCUT2D eigenvalue weighted by atomic mass is 10.2. The first-order chi connectivity index (χ1) is 6.79. The number of ether oxygens (including phenoxy) is 1. The van der Waals surface area contributed by atoms with Gasteiger partial charge in [-0.3, -0.25) is 0 Å². The van der Waals surface area contributed by atoms with Crippen molar-refractivity contribution >= 4 is 0 Å². The Balaban J connectivity index is 1.69. The van der Waals surface area contributed by atoms with Crippen LogP contribution in [-0.2, 0) is 11.3 Å². The Bertz CT molecular complexity index is 276. The van der Waals surface area contributed by atoms with Gasteiger partial charge in [0, 0.05) is 5.92 Å². The first-order valence-corrected chi connectivity index (χ1v) is 5.09. The fourth-order valence-electron chi connectivity index (χ4n) is 1.66. The second-order valence-electron chi connectivity index (χ2n) is 4.01. The van der Waals surface area contributed by atoms with Crippen molar-refractivity contribution in [1.82, 2.24) is 0 Å². The molecular formula is C12H16O2. The highest BCUT2D eigenvalue weighted by molar-refractivity contribution is 5.13. The Kier molecular flexibility index (Phi) is 2.85. The van der Waals surface area contributed by atoms with Gasteiger partial charge in [0.15, 0.2) is 0 Å². The van der Waals surface area contributed by atoms with Gasteiger partial charge in [-0.05, 0) is 11.5 Å². The summed E-state index contributed by atoms with van der Waals surface area (Å²) in [6.07, 6.45) is -0.134. The zero-order valence-corrected chi connectivity index (χ0v) is 8.39. The summed E-state index contributed by atoms with van der Waals surface area (Å²) in [6, 6.07) is 10.1. The van der Waals surface area contributed by atoms with Crippen molar-refractivity contribution in [3.05, 3.63) is 35.9 Å². The highest BCUT2D eigenvalue weighted by atomic mass is 16.5. The minimum absolute atomic E-state index is 0.134. The van der Waals surface area contributed by atoms with E-state index < -0.39 is 0 Å². The lowest BCUT2D eigenvalue weighted by Crippen LogP contribution is -2.00. The maximum absolute atomic E-state index is 9.31. The maximum Gasteiger partial charge on any atom is 0.0717 e. The SMILES string of the molecule is C[C@H]1C(COCc2ccccc2)[C@H]1O. The third-order valence-electron chi connectivity index (χ3n) is 2.93. The first kappa shape index (κ1) is 9.69. The van der Waals surface area contributed by atoms with Gasteiger partial charge >= 0.3 is 0 Å². The molecule has 0 aromatic heterocycles. The molecule has 0 aliphatic heterocycles. The number of aliphatic hydroxyl groups excluding tert-OH is 1. The smallest absolute Gasteiger partial charge is 0.0717 e. The van der Waals surface area contributed by atoms with Gasteiger partial charge in [0.05, 0.1) is 19.3 Å². The summed E-state index contributed by atoms with van der Waals surface area (Å²) in [6.45, 7) is 3.38. The van der Waals surface area contributed by atoms with Crippen molar-refractivity contribution < 1.29 is 9.84 Å². The summed E-state index contributed by atoms with van der Waals surface area (Å²) in [5.74, 6) is 0.782. The van der Waals surface area contributed by atoms with Crippen LogP contribution in [0.3, 0.4) is 0 Å². The lowest BCUT2D eigenvalue weighted by molar-refractivity contribution is 0.0971. The molecule has 3 atom stereocenters. The van der Waals surface area contributed by atoms with Crippen molar-refractivity contribution in [3.63, 3.8) is 0 Å². The molecule has 0 bridgehead atoms. The first-order valence-electron chi connectivity index (χ1n) is 5.09. The molecule has 0 heterocycles. The molecule has 1 N–H and O–H groups in total. The molecule has 2 rings (SSSR count). The molecule has 1 aliphatic carbocycles. The predicted molar refractivity (Wildman–Crippen MR) is 54.8 cm³/mol. The molecule has 1 unspecified atom stereocenters. The largest absolute Gasteiger partial charge is 0.392 e. The fourth-order valence-corrected chi connectivity index (χ4v) is 1.66. The molecule has 1 aromatic rings. The lowest BCUT2D eigenvalue weighted by Gasteiger charge is -2.02. The van der Waals surface area contributed by atoms with Gasteiger partial charge in [-0.15, -0.1) is 0 Å². The van der Waals surface area contributed by atoms with E-state index >= 15 is 0 Å². The molecule has 1 aliphatic rings. The molecule has 0 amide bonds. The van der Waals surface area contributed by atoms with Crippen molar-refractivity contribution in [2.24, 2.45) is 11.8 Å². The van der Waals surface area contributed by atoms with Crippen molar-refractivity contribution in [2.45, 2.75) is 19.6 Å². The van der Waals surface area contributed by atoms with Gasteiger partial charge in [-0.1, -0.05) is 37.3 Å². The molecular weight excluding hydrogens is 176 g/mol. The maximum atomic E-state index is 9.31. The molecule has 1 fully saturated rings. The normalized spacial score (nSPS) is 30.3. The topological polar surface area (TPSA) is 29.5 Å². The van der Waals surface area contributed by atoms with Crippen LogP contribution >= 0.6 is 0 Å². The fraction of sp³-hybridized carbons (Fsp3) is 0.500. The van der Waals surface area contributed by atoms with E-state index in [1.54, 1.807) is 0 Å². The van der Waals surface area contributed by atoms with E-state index in [-0.39, 0.29) is 6.10 Å². The van der Waals surface area contributed by atoms with E-state index in [2.05, 4.69) is 6.92 Å². The van der Waals surface area contributed by atoms with Gasteiger partial charge in [0.1, 0.15) is 0 Å². The van der Waals surface area contributed by atoms with Crippen LogP contribution in [0.15, 0.2) is 30.3 Å². The minimum atomic E-state index is -0.134. The van der Waals surface area contributed by atoms with Gasteiger partial charge in [0.2, 0.25) is 0 Å². The van der Waals surface area contributed by atoms with Crippen LogP contribution in [0.2, 0.25) is 0 Å². The van der Waals surface area contributed by atoms with Crippen LogP contribution in [0.5, 0.6) is 0 Å². The van der Waals surface area contributed by atoms with Crippen LogP contribution in [0.25, 0.3) is 0 Å². The monoisotopic (exact) mass is 192 g/mol. The predicted octanol–water partition coefficient (Wildman–Crippen LogP) is 1.83. The van der Waals surface area contributed by atoms with Crippen molar-refractivity contribution in [1.29, 1.82) is 0 Å². The summed E-state index contributed by atoms with van der Waals surface area (Å²) < 4.78 is 5.52. The summed E-state index contributed by atoms with van der Waals surface area (Å²) in [5, 5.41) is 9.31. The molecule has 0 radical (unpaired) electrons. The summed E-state index contributed by atoms with van der Waals surface area (Å²) in [4.78, 5) is 0. The average molecular weight is 192 g/mol. The zero-order chi connectivity index (χ0) is 9.97. The highest BCUT2D eigenvalue weighted by Crippen LogP contribution is 2.38. The standard InChI is InChI=1S/C12H16O2/c1-9-11(12(9)13)8-14-7-10-5-3-2-4-6-10/h2-6,9,11-13H,7-8H2,1H3/t9-,11?,12-/m0/s1. The van der Waals surface area contributed by atoms with Crippen molar-refractivity contribution in [2.75, 3.05) is 6.61 Å². The van der Waals surface area contributed by atoms with E-state index in [1.807, 2.05) is 30.3 Å². The Labute approximate surface area is 84.5 Å². The quantitative estimate of drug-likeness (QED) is 0.788. The van der Waals surface area contributed by atoms with Crippen molar-refractivity contribution in [3.8, 4) is 0 Å². The molecule has 1 aromatic carbocycles. The number of hydrogen-bond acceptors (Lipinski definition) is 2. The molecule has 14 heavy (non-hydrogen) atoms. The van der Waals surface area contributed by atoms with E-state index in [0.29, 0.717) is 25.0 Å². The third kappa shape index (κ3) is 2.14. The van der Waals surface area contributed by atoms with Gasteiger partial charge in [-0.25, -0.2) is 0 Å². The van der Waals surface area contributed by atoms with Crippen LogP contribution in [0.4, 0.5) is 0 Å². The van der Waals surface area contributed by atoms with Gasteiger partial charge in [-0.2, -0.15) is 0 Å². The second-order valence-corrected chi connectivity index (χ2v) is 4.01. The van der Waals surface area contributed by atoms with Gasteiger partial charge < -0.3 is 9.84 Å². The van der Waals surface area contributed by atoms with E-state index in [1.165, 1.54) is 5.56 Å². The average Bonchev–Trinajstić information content (AvgIpc) is 2.78. The third-order valence-corrected chi connectivity index (χ3v) is 2.93. The van der Waals surface area contributed by atoms with Crippen LogP contribution in [0, 0.1) is 11.8 Å². The minimum Gasteiger partial charge on any atom is -0.392 e. The molecule has 76 valence electrons. The number of hydrogen-bond donors (Lipinski definition) is 1. The molecule has 2 nitrogen and oxygen atoms in total. The Morgan fingerprint density at radius 2 is 1.93 bits per heavy atom. The second kappa shape index (κ2) is 4.11. The van der Waals surface area contributed by atoms with Crippen LogP contribution in [0.1, 0.15) is 12.5 Å².